The Morgan fingerprint density at radius 2 is 2.11 bits per heavy atom. The van der Waals surface area contributed by atoms with Crippen LogP contribution in [0.15, 0.2) is 24.3 Å². The summed E-state index contributed by atoms with van der Waals surface area (Å²) in [6.45, 7) is 1.80. The molecule has 0 saturated heterocycles. The van der Waals surface area contributed by atoms with E-state index in [0.717, 1.165) is 17.8 Å². The zero-order chi connectivity index (χ0) is 13.1. The number of H-pyrrole nitrogens is 1. The Kier molecular flexibility index (Phi) is 3.36. The highest BCUT2D eigenvalue weighted by Crippen LogP contribution is 2.10. The molecule has 4 nitrogen and oxygen atoms in total. The van der Waals surface area contributed by atoms with Gasteiger partial charge in [-0.15, -0.1) is 0 Å². The Morgan fingerprint density at radius 3 is 2.72 bits per heavy atom. The topological polar surface area (TPSA) is 57.8 Å². The van der Waals surface area contributed by atoms with E-state index in [1.807, 2.05) is 0 Å². The number of aromatic amines is 1. The molecule has 18 heavy (non-hydrogen) atoms. The number of benzene rings is 1. The van der Waals surface area contributed by atoms with Gasteiger partial charge < -0.3 is 5.32 Å². The van der Waals surface area contributed by atoms with Crippen molar-refractivity contribution in [1.29, 1.82) is 0 Å². The number of hydrogen-bond acceptors (Lipinski definition) is 2. The molecule has 2 aromatic rings. The summed E-state index contributed by atoms with van der Waals surface area (Å²) in [6, 6.07) is 5.04. The van der Waals surface area contributed by atoms with Gasteiger partial charge in [-0.25, -0.2) is 8.78 Å². The van der Waals surface area contributed by atoms with Crippen LogP contribution < -0.4 is 5.32 Å². The number of amides is 1. The molecule has 0 aliphatic heterocycles. The van der Waals surface area contributed by atoms with E-state index in [0.29, 0.717) is 11.4 Å². The van der Waals surface area contributed by atoms with Crippen molar-refractivity contribution in [2.75, 3.05) is 5.32 Å². The van der Waals surface area contributed by atoms with Crippen molar-refractivity contribution < 1.29 is 13.6 Å². The molecule has 0 unspecified atom stereocenters. The van der Waals surface area contributed by atoms with E-state index in [1.54, 1.807) is 13.0 Å². The van der Waals surface area contributed by atoms with Crippen LogP contribution in [0.25, 0.3) is 0 Å². The lowest BCUT2D eigenvalue weighted by atomic mass is 10.1. The average Bonchev–Trinajstić information content (AvgIpc) is 2.69. The number of carbonyl (C=O) groups excluding carboxylic acids is 1. The van der Waals surface area contributed by atoms with Gasteiger partial charge in [0.1, 0.15) is 0 Å². The third-order valence-electron chi connectivity index (χ3n) is 2.32. The summed E-state index contributed by atoms with van der Waals surface area (Å²) in [6.07, 6.45) is -0.0386. The number of nitrogens with one attached hydrogen (secondary N) is 2. The maximum atomic E-state index is 12.9. The maximum absolute atomic E-state index is 12.9. The Balaban J connectivity index is 2.00. The number of nitrogens with zero attached hydrogens (tertiary/aromatic N) is 1. The molecular formula is C12H11F2N3O. The number of aryl methyl sites for hydroxylation is 1. The first kappa shape index (κ1) is 12.2. The lowest BCUT2D eigenvalue weighted by Crippen LogP contribution is -2.14. The highest BCUT2D eigenvalue weighted by Gasteiger charge is 2.08. The van der Waals surface area contributed by atoms with Crippen molar-refractivity contribution in [2.24, 2.45) is 0 Å². The van der Waals surface area contributed by atoms with Crippen molar-refractivity contribution in [2.45, 2.75) is 13.3 Å². The Labute approximate surface area is 102 Å². The fraction of sp³-hybridized carbons (Fsp3) is 0.167. The largest absolute Gasteiger partial charge is 0.309 e. The predicted molar refractivity (Wildman–Crippen MR) is 62.0 cm³/mol. The van der Waals surface area contributed by atoms with Gasteiger partial charge in [0, 0.05) is 11.8 Å². The van der Waals surface area contributed by atoms with Gasteiger partial charge in [0.05, 0.1) is 6.42 Å². The monoisotopic (exact) mass is 251 g/mol. The summed E-state index contributed by atoms with van der Waals surface area (Å²) in [7, 11) is 0. The summed E-state index contributed by atoms with van der Waals surface area (Å²) in [5.41, 5.74) is 1.22. The molecule has 1 aromatic carbocycles. The minimum absolute atomic E-state index is 0.0386. The van der Waals surface area contributed by atoms with E-state index in [4.69, 9.17) is 0 Å². The van der Waals surface area contributed by atoms with Gasteiger partial charge in [-0.1, -0.05) is 6.07 Å². The van der Waals surface area contributed by atoms with Gasteiger partial charge in [0.15, 0.2) is 17.5 Å². The summed E-state index contributed by atoms with van der Waals surface area (Å²) >= 11 is 0. The molecule has 6 heteroatoms. The highest BCUT2D eigenvalue weighted by molar-refractivity contribution is 5.91. The Hall–Kier alpha value is -2.24. The van der Waals surface area contributed by atoms with Gasteiger partial charge in [-0.05, 0) is 24.6 Å². The molecule has 0 bridgehead atoms. The fourth-order valence-corrected chi connectivity index (χ4v) is 1.50. The molecule has 0 spiro atoms. The van der Waals surface area contributed by atoms with Gasteiger partial charge in [-0.3, -0.25) is 9.89 Å². The maximum Gasteiger partial charge on any atom is 0.229 e. The van der Waals surface area contributed by atoms with Crippen molar-refractivity contribution in [1.82, 2.24) is 10.2 Å². The number of anilines is 1. The lowest BCUT2D eigenvalue weighted by Gasteiger charge is -2.02. The normalized spacial score (nSPS) is 10.4. The Morgan fingerprint density at radius 1 is 1.33 bits per heavy atom. The first-order valence-electron chi connectivity index (χ1n) is 5.30. The molecular weight excluding hydrogens is 240 g/mol. The summed E-state index contributed by atoms with van der Waals surface area (Å²) in [5, 5.41) is 9.07. The molecule has 2 rings (SSSR count). The van der Waals surface area contributed by atoms with E-state index in [9.17, 15) is 13.6 Å². The number of aromatic nitrogens is 2. The van der Waals surface area contributed by atoms with Gasteiger partial charge in [0.2, 0.25) is 5.91 Å². The molecule has 1 aromatic heterocycles. The lowest BCUT2D eigenvalue weighted by molar-refractivity contribution is -0.115. The van der Waals surface area contributed by atoms with Crippen LogP contribution in [0.4, 0.5) is 14.6 Å². The minimum atomic E-state index is -0.962. The quantitative estimate of drug-likeness (QED) is 0.878. The second-order valence-electron chi connectivity index (χ2n) is 3.91. The van der Waals surface area contributed by atoms with Gasteiger partial charge >= 0.3 is 0 Å². The second-order valence-corrected chi connectivity index (χ2v) is 3.91. The van der Waals surface area contributed by atoms with Crippen molar-refractivity contribution in [3.05, 3.63) is 47.2 Å². The van der Waals surface area contributed by atoms with Crippen LogP contribution in [0.1, 0.15) is 11.3 Å². The molecule has 0 saturated carbocycles. The standard InChI is InChI=1S/C12H11F2N3O/c1-7-4-11(17-16-7)15-12(18)6-8-2-3-9(13)10(14)5-8/h2-5H,6H2,1H3,(H2,15,16,17,18). The molecule has 0 fully saturated rings. The molecule has 94 valence electrons. The fourth-order valence-electron chi connectivity index (χ4n) is 1.50. The van der Waals surface area contributed by atoms with Crippen molar-refractivity contribution in [3.63, 3.8) is 0 Å². The summed E-state index contributed by atoms with van der Waals surface area (Å²) in [4.78, 5) is 11.6. The summed E-state index contributed by atoms with van der Waals surface area (Å²) < 4.78 is 25.6. The highest BCUT2D eigenvalue weighted by atomic mass is 19.2. The first-order valence-corrected chi connectivity index (χ1v) is 5.30. The second kappa shape index (κ2) is 4.95. The molecule has 0 aliphatic rings. The van der Waals surface area contributed by atoms with Gasteiger partial charge in [0.25, 0.3) is 0 Å². The van der Waals surface area contributed by atoms with E-state index in [2.05, 4.69) is 15.5 Å². The third-order valence-corrected chi connectivity index (χ3v) is 2.32. The first-order chi connectivity index (χ1) is 8.54. The van der Waals surface area contributed by atoms with Gasteiger partial charge in [-0.2, -0.15) is 5.10 Å². The van der Waals surface area contributed by atoms with Crippen LogP contribution >= 0.6 is 0 Å². The molecule has 0 aliphatic carbocycles. The molecule has 2 N–H and O–H groups in total. The SMILES string of the molecule is Cc1cc(NC(=O)Cc2ccc(F)c(F)c2)n[nH]1. The molecule has 0 atom stereocenters. The number of carbonyl (C=O) groups is 1. The van der Waals surface area contributed by atoms with E-state index in [-0.39, 0.29) is 12.3 Å². The van der Waals surface area contributed by atoms with Crippen LogP contribution in [0, 0.1) is 18.6 Å². The van der Waals surface area contributed by atoms with Crippen LogP contribution in [-0.4, -0.2) is 16.1 Å². The number of rotatable bonds is 3. The van der Waals surface area contributed by atoms with E-state index < -0.39 is 11.6 Å². The van der Waals surface area contributed by atoms with Crippen molar-refractivity contribution >= 4 is 11.7 Å². The number of halogens is 2. The zero-order valence-electron chi connectivity index (χ0n) is 9.63. The van der Waals surface area contributed by atoms with Crippen LogP contribution in [0.5, 0.6) is 0 Å². The molecule has 0 radical (unpaired) electrons. The van der Waals surface area contributed by atoms with Crippen LogP contribution in [0.3, 0.4) is 0 Å². The third kappa shape index (κ3) is 2.91. The average molecular weight is 251 g/mol. The van der Waals surface area contributed by atoms with Crippen LogP contribution in [-0.2, 0) is 11.2 Å². The van der Waals surface area contributed by atoms with Crippen LogP contribution in [0.2, 0.25) is 0 Å². The predicted octanol–water partition coefficient (Wildman–Crippen LogP) is 2.18. The van der Waals surface area contributed by atoms with E-state index >= 15 is 0 Å². The number of hydrogen-bond donors (Lipinski definition) is 2. The Bertz CT molecular complexity index is 580. The zero-order valence-corrected chi connectivity index (χ0v) is 9.63. The van der Waals surface area contributed by atoms with E-state index in [1.165, 1.54) is 6.07 Å². The molecule has 1 heterocycles. The smallest absolute Gasteiger partial charge is 0.229 e. The summed E-state index contributed by atoms with van der Waals surface area (Å²) in [5.74, 6) is -1.83. The minimum Gasteiger partial charge on any atom is -0.309 e. The molecule has 1 amide bonds. The van der Waals surface area contributed by atoms with Crippen molar-refractivity contribution in [3.8, 4) is 0 Å².